The van der Waals surface area contributed by atoms with Crippen molar-refractivity contribution < 1.29 is 17.9 Å². The second-order valence-corrected chi connectivity index (χ2v) is 9.10. The Hall–Kier alpha value is -3.25. The maximum absolute atomic E-state index is 11.9. The largest absolute Gasteiger partial charge is 0.492 e. The Morgan fingerprint density at radius 2 is 2.10 bits per heavy atom. The molecule has 0 saturated heterocycles. The number of benzene rings is 2. The Labute approximate surface area is 176 Å². The van der Waals surface area contributed by atoms with Gasteiger partial charge in [-0.25, -0.2) is 8.42 Å². The van der Waals surface area contributed by atoms with E-state index in [4.69, 9.17) is 4.74 Å². The van der Waals surface area contributed by atoms with Crippen molar-refractivity contribution in [3.05, 3.63) is 42.0 Å². The van der Waals surface area contributed by atoms with Crippen molar-refractivity contribution in [1.29, 1.82) is 5.26 Å². The number of ether oxygens (including phenoxy) is 1. The van der Waals surface area contributed by atoms with E-state index >= 15 is 0 Å². The summed E-state index contributed by atoms with van der Waals surface area (Å²) in [6, 6.07) is 12.0. The lowest BCUT2D eigenvalue weighted by Crippen LogP contribution is -2.31. The van der Waals surface area contributed by atoms with Gasteiger partial charge in [-0.1, -0.05) is 6.07 Å². The highest BCUT2D eigenvalue weighted by atomic mass is 32.2. The highest BCUT2D eigenvalue weighted by Crippen LogP contribution is 2.41. The predicted molar refractivity (Wildman–Crippen MR) is 115 cm³/mol. The molecule has 2 unspecified atom stereocenters. The van der Waals surface area contributed by atoms with Gasteiger partial charge in [0.15, 0.2) is 9.84 Å². The van der Waals surface area contributed by atoms with Gasteiger partial charge < -0.3 is 20.7 Å². The second-order valence-electron chi connectivity index (χ2n) is 7.09. The van der Waals surface area contributed by atoms with Gasteiger partial charge in [0.2, 0.25) is 5.91 Å². The molecule has 3 N–H and O–H groups in total. The molecule has 9 heteroatoms. The molecule has 158 valence electrons. The molecule has 8 nitrogen and oxygen atoms in total. The van der Waals surface area contributed by atoms with Crippen LogP contribution in [0.15, 0.2) is 41.3 Å². The molecule has 3 rings (SSSR count). The molecule has 30 heavy (non-hydrogen) atoms. The number of nitrogens with one attached hydrogen (secondary N) is 3. The Bertz CT molecular complexity index is 1110. The number of fused-ring (bicyclic) bond motifs is 1. The maximum Gasteiger partial charge on any atom is 0.221 e. The van der Waals surface area contributed by atoms with Crippen molar-refractivity contribution in [3.63, 3.8) is 0 Å². The second kappa shape index (κ2) is 8.63. The molecule has 0 aromatic heterocycles. The molecule has 1 aliphatic heterocycles. The third-order valence-electron chi connectivity index (χ3n) is 4.76. The van der Waals surface area contributed by atoms with Crippen LogP contribution in [0.4, 0.5) is 17.1 Å². The Morgan fingerprint density at radius 1 is 1.33 bits per heavy atom. The Balaban J connectivity index is 2.05. The lowest BCUT2D eigenvalue weighted by Gasteiger charge is -2.33. The number of hydrogen-bond acceptors (Lipinski definition) is 7. The normalized spacial score (nSPS) is 17.8. The fraction of sp³-hybridized carbons (Fsp3) is 0.333. The van der Waals surface area contributed by atoms with E-state index in [-0.39, 0.29) is 10.8 Å². The highest BCUT2D eigenvalue weighted by Gasteiger charge is 2.31. The van der Waals surface area contributed by atoms with Crippen LogP contribution in [0, 0.1) is 17.2 Å². The van der Waals surface area contributed by atoms with Crippen LogP contribution in [0.2, 0.25) is 0 Å². The van der Waals surface area contributed by atoms with E-state index in [1.807, 2.05) is 6.92 Å². The zero-order valence-corrected chi connectivity index (χ0v) is 17.8. The number of anilines is 3. The van der Waals surface area contributed by atoms with Crippen molar-refractivity contribution in [3.8, 4) is 11.8 Å². The van der Waals surface area contributed by atoms with Crippen LogP contribution in [0.5, 0.6) is 5.75 Å². The van der Waals surface area contributed by atoms with Crippen LogP contribution in [-0.4, -0.2) is 33.7 Å². The van der Waals surface area contributed by atoms with Crippen molar-refractivity contribution in [2.75, 3.05) is 35.4 Å². The summed E-state index contributed by atoms with van der Waals surface area (Å²) in [6.45, 7) is 4.12. The molecule has 0 fully saturated rings. The minimum Gasteiger partial charge on any atom is -0.492 e. The van der Waals surface area contributed by atoms with Crippen molar-refractivity contribution in [2.24, 2.45) is 5.92 Å². The minimum absolute atomic E-state index is 0.195. The molecular weight excluding hydrogens is 404 g/mol. The summed E-state index contributed by atoms with van der Waals surface area (Å²) >= 11 is 0. The van der Waals surface area contributed by atoms with E-state index in [0.29, 0.717) is 30.3 Å². The monoisotopic (exact) mass is 428 g/mol. The Morgan fingerprint density at radius 3 is 2.73 bits per heavy atom. The lowest BCUT2D eigenvalue weighted by molar-refractivity contribution is -0.114. The van der Waals surface area contributed by atoms with Crippen molar-refractivity contribution >= 4 is 32.8 Å². The third kappa shape index (κ3) is 4.66. The van der Waals surface area contributed by atoms with E-state index in [1.165, 1.54) is 13.0 Å². The summed E-state index contributed by atoms with van der Waals surface area (Å²) in [5.41, 5.74) is 2.67. The number of nitriles is 1. The summed E-state index contributed by atoms with van der Waals surface area (Å²) in [5.74, 6) is -0.114. The third-order valence-corrected chi connectivity index (χ3v) is 5.87. The molecule has 0 saturated carbocycles. The average Bonchev–Trinajstić information content (AvgIpc) is 2.68. The lowest BCUT2D eigenvalue weighted by atomic mass is 9.88. The minimum atomic E-state index is -3.36. The van der Waals surface area contributed by atoms with Gasteiger partial charge in [-0.3, -0.25) is 4.79 Å². The number of hydrogen-bond donors (Lipinski definition) is 3. The smallest absolute Gasteiger partial charge is 0.221 e. The van der Waals surface area contributed by atoms with Gasteiger partial charge in [-0.15, -0.1) is 0 Å². The first-order chi connectivity index (χ1) is 14.2. The number of carbonyl (C=O) groups excluding carboxylic acids is 1. The first-order valence-corrected chi connectivity index (χ1v) is 11.4. The number of nitrogens with zero attached hydrogens (tertiary/aromatic N) is 1. The van der Waals surface area contributed by atoms with Gasteiger partial charge >= 0.3 is 0 Å². The summed E-state index contributed by atoms with van der Waals surface area (Å²) in [5, 5.41) is 19.0. The average molecular weight is 429 g/mol. The SMILES string of the molecule is CCOc1cc2c(cc1NC(C)=O)C(Nc1cccc(S(C)(=O)=O)c1)C(C#N)CN2. The Kier molecular flexibility index (Phi) is 6.17. The summed E-state index contributed by atoms with van der Waals surface area (Å²) in [6.07, 6.45) is 1.15. The van der Waals surface area contributed by atoms with Crippen LogP contribution >= 0.6 is 0 Å². The summed E-state index contributed by atoms with van der Waals surface area (Å²) in [4.78, 5) is 11.9. The van der Waals surface area contributed by atoms with Crippen LogP contribution < -0.4 is 20.7 Å². The van der Waals surface area contributed by atoms with Gasteiger partial charge in [-0.2, -0.15) is 5.26 Å². The van der Waals surface area contributed by atoms with Crippen LogP contribution in [0.3, 0.4) is 0 Å². The topological polar surface area (TPSA) is 120 Å². The fourth-order valence-electron chi connectivity index (χ4n) is 3.42. The van der Waals surface area contributed by atoms with Gasteiger partial charge in [0, 0.05) is 42.7 Å². The van der Waals surface area contributed by atoms with Crippen molar-refractivity contribution in [2.45, 2.75) is 24.8 Å². The van der Waals surface area contributed by atoms with E-state index in [9.17, 15) is 18.5 Å². The molecule has 0 radical (unpaired) electrons. The number of sulfone groups is 1. The molecule has 2 aromatic carbocycles. The van der Waals surface area contributed by atoms with E-state index in [2.05, 4.69) is 22.0 Å². The zero-order chi connectivity index (χ0) is 21.9. The molecule has 1 heterocycles. The molecule has 0 aliphatic carbocycles. The van der Waals surface area contributed by atoms with E-state index in [0.717, 1.165) is 17.5 Å². The van der Waals surface area contributed by atoms with Crippen molar-refractivity contribution in [1.82, 2.24) is 0 Å². The quantitative estimate of drug-likeness (QED) is 0.646. The van der Waals surface area contributed by atoms with Gasteiger partial charge in [0.1, 0.15) is 5.75 Å². The van der Waals surface area contributed by atoms with Gasteiger partial charge in [0.05, 0.1) is 35.2 Å². The van der Waals surface area contributed by atoms with Crippen LogP contribution in [-0.2, 0) is 14.6 Å². The van der Waals surface area contributed by atoms with Gasteiger partial charge in [0.25, 0.3) is 0 Å². The van der Waals surface area contributed by atoms with E-state index in [1.54, 1.807) is 30.3 Å². The van der Waals surface area contributed by atoms with Gasteiger partial charge in [-0.05, 0) is 31.2 Å². The standard InChI is InChI=1S/C21H24N4O4S/c1-4-29-20-10-18-17(9-19(20)24-13(2)26)21(14(11-22)12-23-18)25-15-6-5-7-16(8-15)30(3,27)28/h5-10,14,21,23,25H,4,12H2,1-3H3,(H,24,26). The molecule has 1 amide bonds. The number of amides is 1. The first kappa shape index (κ1) is 21.5. The summed E-state index contributed by atoms with van der Waals surface area (Å²) in [7, 11) is -3.36. The number of carbonyl (C=O) groups is 1. The fourth-order valence-corrected chi connectivity index (χ4v) is 4.09. The van der Waals surface area contributed by atoms with E-state index < -0.39 is 21.8 Å². The molecule has 1 aliphatic rings. The van der Waals surface area contributed by atoms with Crippen LogP contribution in [0.1, 0.15) is 25.5 Å². The molecule has 0 bridgehead atoms. The summed E-state index contributed by atoms with van der Waals surface area (Å²) < 4.78 is 29.5. The predicted octanol–water partition coefficient (Wildman–Crippen LogP) is 3.17. The first-order valence-electron chi connectivity index (χ1n) is 9.51. The molecule has 2 atom stereocenters. The highest BCUT2D eigenvalue weighted by molar-refractivity contribution is 7.90. The molecular formula is C21H24N4O4S. The maximum atomic E-state index is 11.9. The number of rotatable bonds is 6. The van der Waals surface area contributed by atoms with Crippen LogP contribution in [0.25, 0.3) is 0 Å². The molecule has 0 spiro atoms. The zero-order valence-electron chi connectivity index (χ0n) is 17.0. The molecule has 2 aromatic rings.